The van der Waals surface area contributed by atoms with Crippen LogP contribution in [0.15, 0.2) is 30.7 Å². The molecule has 0 radical (unpaired) electrons. The standard InChI is InChI=1S/C15H20N4O/c1-18-8-13-9-19(7-12-4-3-5-16-6-12)10-14(11-20-2)15(13)17-18/h3-6,8,14H,7,9-11H2,1-2H3. The minimum absolute atomic E-state index is 0.349. The van der Waals surface area contributed by atoms with E-state index >= 15 is 0 Å². The van der Waals surface area contributed by atoms with Gasteiger partial charge in [-0.2, -0.15) is 5.10 Å². The van der Waals surface area contributed by atoms with E-state index in [4.69, 9.17) is 4.74 Å². The van der Waals surface area contributed by atoms with Crippen molar-refractivity contribution in [2.45, 2.75) is 19.0 Å². The number of methoxy groups -OCH3 is 1. The Morgan fingerprint density at radius 3 is 3.10 bits per heavy atom. The van der Waals surface area contributed by atoms with E-state index in [9.17, 15) is 0 Å². The number of aromatic nitrogens is 3. The Labute approximate surface area is 119 Å². The average molecular weight is 272 g/mol. The van der Waals surface area contributed by atoms with E-state index in [0.717, 1.165) is 19.6 Å². The first-order chi connectivity index (χ1) is 9.76. The Morgan fingerprint density at radius 2 is 2.35 bits per heavy atom. The topological polar surface area (TPSA) is 43.2 Å². The first-order valence-corrected chi connectivity index (χ1v) is 6.89. The fourth-order valence-corrected chi connectivity index (χ4v) is 2.93. The first-order valence-electron chi connectivity index (χ1n) is 6.89. The van der Waals surface area contributed by atoms with Crippen LogP contribution in [0.4, 0.5) is 0 Å². The van der Waals surface area contributed by atoms with Crippen molar-refractivity contribution in [3.05, 3.63) is 47.5 Å². The summed E-state index contributed by atoms with van der Waals surface area (Å²) >= 11 is 0. The fraction of sp³-hybridized carbons (Fsp3) is 0.467. The van der Waals surface area contributed by atoms with E-state index in [1.54, 1.807) is 7.11 Å². The fourth-order valence-electron chi connectivity index (χ4n) is 2.93. The number of hydrogen-bond donors (Lipinski definition) is 0. The van der Waals surface area contributed by atoms with Crippen LogP contribution in [0, 0.1) is 0 Å². The molecule has 5 nitrogen and oxygen atoms in total. The summed E-state index contributed by atoms with van der Waals surface area (Å²) in [5.74, 6) is 0.349. The van der Waals surface area contributed by atoms with E-state index in [2.05, 4.69) is 27.2 Å². The molecule has 0 bridgehead atoms. The normalized spacial score (nSPS) is 19.0. The highest BCUT2D eigenvalue weighted by Gasteiger charge is 2.28. The Hall–Kier alpha value is -1.72. The van der Waals surface area contributed by atoms with Crippen LogP contribution >= 0.6 is 0 Å². The molecule has 1 aliphatic rings. The quantitative estimate of drug-likeness (QED) is 0.847. The number of hydrogen-bond acceptors (Lipinski definition) is 4. The molecule has 20 heavy (non-hydrogen) atoms. The number of aryl methyl sites for hydroxylation is 1. The molecule has 5 heteroatoms. The SMILES string of the molecule is COCC1CN(Cc2cccnc2)Cc2cn(C)nc21. The number of ether oxygens (including phenoxy) is 1. The second-order valence-corrected chi connectivity index (χ2v) is 5.40. The van der Waals surface area contributed by atoms with Gasteiger partial charge in [-0.25, -0.2) is 0 Å². The maximum absolute atomic E-state index is 5.36. The molecule has 3 heterocycles. The van der Waals surface area contributed by atoms with Crippen molar-refractivity contribution in [1.82, 2.24) is 19.7 Å². The van der Waals surface area contributed by atoms with Gasteiger partial charge >= 0.3 is 0 Å². The molecule has 0 saturated carbocycles. The second kappa shape index (κ2) is 5.73. The van der Waals surface area contributed by atoms with E-state index in [-0.39, 0.29) is 0 Å². The van der Waals surface area contributed by atoms with Crippen molar-refractivity contribution in [3.8, 4) is 0 Å². The largest absolute Gasteiger partial charge is 0.384 e. The van der Waals surface area contributed by atoms with Crippen LogP contribution < -0.4 is 0 Å². The zero-order valence-electron chi connectivity index (χ0n) is 12.0. The molecule has 2 aromatic heterocycles. The zero-order chi connectivity index (χ0) is 13.9. The van der Waals surface area contributed by atoms with Gasteiger partial charge in [-0.05, 0) is 11.6 Å². The molecule has 0 aromatic carbocycles. The van der Waals surface area contributed by atoms with Gasteiger partial charge in [0, 0.05) is 63.9 Å². The van der Waals surface area contributed by atoms with Crippen LogP contribution in [-0.4, -0.2) is 39.9 Å². The van der Waals surface area contributed by atoms with Crippen molar-refractivity contribution in [2.75, 3.05) is 20.3 Å². The van der Waals surface area contributed by atoms with Gasteiger partial charge in [-0.1, -0.05) is 6.07 Å². The molecular formula is C15H20N4O. The van der Waals surface area contributed by atoms with Gasteiger partial charge in [0.1, 0.15) is 0 Å². The smallest absolute Gasteiger partial charge is 0.0736 e. The lowest BCUT2D eigenvalue weighted by Gasteiger charge is -2.31. The average Bonchev–Trinajstić information content (AvgIpc) is 2.81. The summed E-state index contributed by atoms with van der Waals surface area (Å²) in [4.78, 5) is 6.62. The molecule has 1 aliphatic heterocycles. The van der Waals surface area contributed by atoms with Crippen molar-refractivity contribution in [1.29, 1.82) is 0 Å². The lowest BCUT2D eigenvalue weighted by Crippen LogP contribution is -2.34. The summed E-state index contributed by atoms with van der Waals surface area (Å²) in [5.41, 5.74) is 3.75. The maximum atomic E-state index is 5.36. The van der Waals surface area contributed by atoms with E-state index in [1.165, 1.54) is 16.8 Å². The summed E-state index contributed by atoms with van der Waals surface area (Å²) in [7, 11) is 3.73. The Balaban J connectivity index is 1.79. The molecule has 1 unspecified atom stereocenters. The molecule has 0 N–H and O–H groups in total. The van der Waals surface area contributed by atoms with Crippen LogP contribution in [0.5, 0.6) is 0 Å². The van der Waals surface area contributed by atoms with Gasteiger partial charge in [0.2, 0.25) is 0 Å². The van der Waals surface area contributed by atoms with Crippen molar-refractivity contribution in [2.24, 2.45) is 7.05 Å². The summed E-state index contributed by atoms with van der Waals surface area (Å²) in [6.07, 6.45) is 5.87. The van der Waals surface area contributed by atoms with E-state index in [0.29, 0.717) is 12.5 Å². The van der Waals surface area contributed by atoms with Gasteiger partial charge < -0.3 is 4.74 Å². The van der Waals surface area contributed by atoms with Gasteiger partial charge in [0.05, 0.1) is 12.3 Å². The Bertz CT molecular complexity index is 567. The minimum atomic E-state index is 0.349. The van der Waals surface area contributed by atoms with Gasteiger partial charge in [0.25, 0.3) is 0 Å². The predicted octanol–water partition coefficient (Wildman–Crippen LogP) is 1.56. The van der Waals surface area contributed by atoms with Crippen LogP contribution in [0.25, 0.3) is 0 Å². The zero-order valence-corrected chi connectivity index (χ0v) is 12.0. The molecule has 0 spiro atoms. The monoisotopic (exact) mass is 272 g/mol. The van der Waals surface area contributed by atoms with E-state index < -0.39 is 0 Å². The summed E-state index contributed by atoms with van der Waals surface area (Å²) in [6.45, 7) is 3.56. The van der Waals surface area contributed by atoms with Crippen LogP contribution in [0.1, 0.15) is 22.7 Å². The molecule has 0 aliphatic carbocycles. The van der Waals surface area contributed by atoms with Crippen LogP contribution in [0.2, 0.25) is 0 Å². The molecule has 0 saturated heterocycles. The lowest BCUT2D eigenvalue weighted by molar-refractivity contribution is 0.134. The molecule has 0 fully saturated rings. The Morgan fingerprint density at radius 1 is 1.45 bits per heavy atom. The number of fused-ring (bicyclic) bond motifs is 1. The molecule has 1 atom stereocenters. The third-order valence-electron chi connectivity index (χ3n) is 3.69. The predicted molar refractivity (Wildman–Crippen MR) is 76.2 cm³/mol. The number of nitrogens with zero attached hydrogens (tertiary/aromatic N) is 4. The lowest BCUT2D eigenvalue weighted by atomic mass is 9.97. The molecular weight excluding hydrogens is 252 g/mol. The molecule has 2 aromatic rings. The van der Waals surface area contributed by atoms with Crippen molar-refractivity contribution >= 4 is 0 Å². The van der Waals surface area contributed by atoms with Crippen LogP contribution in [-0.2, 0) is 24.9 Å². The van der Waals surface area contributed by atoms with Gasteiger partial charge in [-0.3, -0.25) is 14.6 Å². The first kappa shape index (κ1) is 13.3. The molecule has 106 valence electrons. The third-order valence-corrected chi connectivity index (χ3v) is 3.69. The second-order valence-electron chi connectivity index (χ2n) is 5.40. The van der Waals surface area contributed by atoms with Gasteiger partial charge in [-0.15, -0.1) is 0 Å². The highest BCUT2D eigenvalue weighted by molar-refractivity contribution is 5.25. The van der Waals surface area contributed by atoms with Crippen molar-refractivity contribution < 1.29 is 4.74 Å². The summed E-state index contributed by atoms with van der Waals surface area (Å²) in [5, 5.41) is 4.59. The highest BCUT2D eigenvalue weighted by atomic mass is 16.5. The maximum Gasteiger partial charge on any atom is 0.0736 e. The van der Waals surface area contributed by atoms with Gasteiger partial charge in [0.15, 0.2) is 0 Å². The third kappa shape index (κ3) is 2.73. The summed E-state index contributed by atoms with van der Waals surface area (Å²) < 4.78 is 7.26. The minimum Gasteiger partial charge on any atom is -0.384 e. The highest BCUT2D eigenvalue weighted by Crippen LogP contribution is 2.28. The van der Waals surface area contributed by atoms with E-state index in [1.807, 2.05) is 30.2 Å². The van der Waals surface area contributed by atoms with Crippen molar-refractivity contribution in [3.63, 3.8) is 0 Å². The molecule has 0 amide bonds. The van der Waals surface area contributed by atoms with Crippen LogP contribution in [0.3, 0.4) is 0 Å². The number of rotatable bonds is 4. The Kier molecular flexibility index (Phi) is 3.80. The molecule has 3 rings (SSSR count). The summed E-state index contributed by atoms with van der Waals surface area (Å²) in [6, 6.07) is 4.11. The number of pyridine rings is 1.